The van der Waals surface area contributed by atoms with Gasteiger partial charge in [-0.15, -0.1) is 0 Å². The topological polar surface area (TPSA) is 63.7 Å². The van der Waals surface area contributed by atoms with Crippen molar-refractivity contribution in [3.63, 3.8) is 0 Å². The molecule has 0 unspecified atom stereocenters. The number of hydrogen-bond donors (Lipinski definition) is 0. The number of hydrogen-bond acceptors (Lipinski definition) is 4. The SMILES string of the molecule is COC(=O)CCN(C)S(=O)(=O)C1CCCC1. The number of ether oxygens (including phenoxy) is 1. The second-order valence-electron chi connectivity index (χ2n) is 4.10. The van der Waals surface area contributed by atoms with Crippen LogP contribution in [0.25, 0.3) is 0 Å². The van der Waals surface area contributed by atoms with Gasteiger partial charge in [0.05, 0.1) is 18.8 Å². The molecule has 0 heterocycles. The fourth-order valence-electron chi connectivity index (χ4n) is 1.92. The van der Waals surface area contributed by atoms with Crippen molar-refractivity contribution in [3.05, 3.63) is 0 Å². The third kappa shape index (κ3) is 3.18. The number of rotatable bonds is 5. The van der Waals surface area contributed by atoms with E-state index in [1.165, 1.54) is 18.5 Å². The van der Waals surface area contributed by atoms with Gasteiger partial charge in [0.2, 0.25) is 10.0 Å². The molecule has 1 saturated carbocycles. The van der Waals surface area contributed by atoms with Crippen LogP contribution in [0.15, 0.2) is 0 Å². The first-order valence-corrected chi connectivity index (χ1v) is 7.00. The minimum Gasteiger partial charge on any atom is -0.469 e. The highest BCUT2D eigenvalue weighted by atomic mass is 32.2. The highest BCUT2D eigenvalue weighted by molar-refractivity contribution is 7.89. The van der Waals surface area contributed by atoms with E-state index in [0.717, 1.165) is 25.7 Å². The normalized spacial score (nSPS) is 17.9. The first-order valence-electron chi connectivity index (χ1n) is 5.50. The third-order valence-electron chi connectivity index (χ3n) is 3.02. The van der Waals surface area contributed by atoms with Crippen LogP contribution < -0.4 is 0 Å². The lowest BCUT2D eigenvalue weighted by Crippen LogP contribution is -2.36. The zero-order valence-electron chi connectivity index (χ0n) is 9.81. The summed E-state index contributed by atoms with van der Waals surface area (Å²) in [6.07, 6.45) is 3.55. The molecule has 5 nitrogen and oxygen atoms in total. The van der Waals surface area contributed by atoms with Crippen LogP contribution in [0.4, 0.5) is 0 Å². The van der Waals surface area contributed by atoms with Gasteiger partial charge in [-0.1, -0.05) is 12.8 Å². The predicted molar refractivity (Wildman–Crippen MR) is 60.4 cm³/mol. The molecule has 0 aliphatic heterocycles. The van der Waals surface area contributed by atoms with Crippen LogP contribution in [0.1, 0.15) is 32.1 Å². The predicted octanol–water partition coefficient (Wildman–Crippen LogP) is 0.754. The van der Waals surface area contributed by atoms with E-state index in [4.69, 9.17) is 0 Å². The zero-order chi connectivity index (χ0) is 12.2. The van der Waals surface area contributed by atoms with E-state index >= 15 is 0 Å². The number of esters is 1. The second kappa shape index (κ2) is 5.63. The largest absolute Gasteiger partial charge is 0.469 e. The number of methoxy groups -OCH3 is 1. The van der Waals surface area contributed by atoms with Gasteiger partial charge >= 0.3 is 5.97 Å². The number of nitrogens with zero attached hydrogens (tertiary/aromatic N) is 1. The fraction of sp³-hybridized carbons (Fsp3) is 0.900. The molecule has 0 radical (unpaired) electrons. The van der Waals surface area contributed by atoms with Crippen LogP contribution in [0, 0.1) is 0 Å². The number of carbonyl (C=O) groups excluding carboxylic acids is 1. The second-order valence-corrected chi connectivity index (χ2v) is 6.42. The lowest BCUT2D eigenvalue weighted by Gasteiger charge is -2.20. The highest BCUT2D eigenvalue weighted by Crippen LogP contribution is 2.26. The summed E-state index contributed by atoms with van der Waals surface area (Å²) in [6.45, 7) is 0.200. The standard InChI is InChI=1S/C10H19NO4S/c1-11(8-7-10(12)15-2)16(13,14)9-5-3-4-6-9/h9H,3-8H2,1-2H3. The monoisotopic (exact) mass is 249 g/mol. The van der Waals surface area contributed by atoms with E-state index in [9.17, 15) is 13.2 Å². The van der Waals surface area contributed by atoms with Crippen molar-refractivity contribution in [2.45, 2.75) is 37.4 Å². The summed E-state index contributed by atoms with van der Waals surface area (Å²) in [4.78, 5) is 10.9. The molecule has 0 aromatic heterocycles. The Morgan fingerprint density at radius 3 is 2.44 bits per heavy atom. The summed E-state index contributed by atoms with van der Waals surface area (Å²) >= 11 is 0. The minimum atomic E-state index is -3.22. The summed E-state index contributed by atoms with van der Waals surface area (Å²) in [5.74, 6) is -0.381. The van der Waals surface area contributed by atoms with Crippen LogP contribution >= 0.6 is 0 Å². The van der Waals surface area contributed by atoms with Gasteiger partial charge < -0.3 is 4.74 Å². The lowest BCUT2D eigenvalue weighted by atomic mass is 10.4. The van der Waals surface area contributed by atoms with Gasteiger partial charge in [0.25, 0.3) is 0 Å². The van der Waals surface area contributed by atoms with Crippen LogP contribution in [0.5, 0.6) is 0 Å². The quantitative estimate of drug-likeness (QED) is 0.675. The summed E-state index contributed by atoms with van der Waals surface area (Å²) in [6, 6.07) is 0. The molecule has 0 saturated heterocycles. The minimum absolute atomic E-state index is 0.110. The molecule has 94 valence electrons. The molecule has 0 aromatic carbocycles. The molecule has 6 heteroatoms. The fourth-order valence-corrected chi connectivity index (χ4v) is 3.70. The van der Waals surface area contributed by atoms with Crippen LogP contribution in [-0.2, 0) is 19.6 Å². The van der Waals surface area contributed by atoms with Crippen molar-refractivity contribution < 1.29 is 17.9 Å². The van der Waals surface area contributed by atoms with E-state index in [0.29, 0.717) is 0 Å². The lowest BCUT2D eigenvalue weighted by molar-refractivity contribution is -0.140. The first kappa shape index (κ1) is 13.4. The maximum absolute atomic E-state index is 12.0. The molecular weight excluding hydrogens is 230 g/mol. The molecule has 1 fully saturated rings. The van der Waals surface area contributed by atoms with Gasteiger partial charge in [0.15, 0.2) is 0 Å². The Balaban J connectivity index is 2.51. The number of sulfonamides is 1. The molecule has 1 rings (SSSR count). The van der Waals surface area contributed by atoms with Crippen molar-refractivity contribution in [2.75, 3.05) is 20.7 Å². The van der Waals surface area contributed by atoms with E-state index < -0.39 is 10.0 Å². The van der Waals surface area contributed by atoms with Crippen molar-refractivity contribution in [3.8, 4) is 0 Å². The number of carbonyl (C=O) groups is 1. The molecular formula is C10H19NO4S. The molecule has 0 atom stereocenters. The Hall–Kier alpha value is -0.620. The average molecular weight is 249 g/mol. The van der Waals surface area contributed by atoms with Crippen molar-refractivity contribution in [2.24, 2.45) is 0 Å². The van der Waals surface area contributed by atoms with Gasteiger partial charge in [-0.2, -0.15) is 0 Å². The van der Waals surface area contributed by atoms with Crippen molar-refractivity contribution in [1.29, 1.82) is 0 Å². The first-order chi connectivity index (χ1) is 7.48. The van der Waals surface area contributed by atoms with Crippen LogP contribution in [-0.4, -0.2) is 44.6 Å². The highest BCUT2D eigenvalue weighted by Gasteiger charge is 2.32. The Morgan fingerprint density at radius 1 is 1.38 bits per heavy atom. The molecule has 0 bridgehead atoms. The van der Waals surface area contributed by atoms with Gasteiger partial charge in [-0.05, 0) is 12.8 Å². The average Bonchev–Trinajstić information content (AvgIpc) is 2.78. The molecule has 0 N–H and O–H groups in total. The van der Waals surface area contributed by atoms with Gasteiger partial charge in [-0.3, -0.25) is 4.79 Å². The molecule has 16 heavy (non-hydrogen) atoms. The molecule has 1 aliphatic rings. The van der Waals surface area contributed by atoms with Gasteiger partial charge in [0, 0.05) is 13.6 Å². The Kier molecular flexibility index (Phi) is 4.73. The van der Waals surface area contributed by atoms with E-state index in [-0.39, 0.29) is 24.2 Å². The van der Waals surface area contributed by atoms with Crippen molar-refractivity contribution >= 4 is 16.0 Å². The third-order valence-corrected chi connectivity index (χ3v) is 5.38. The van der Waals surface area contributed by atoms with Crippen molar-refractivity contribution in [1.82, 2.24) is 4.31 Å². The molecule has 1 aliphatic carbocycles. The van der Waals surface area contributed by atoms with Gasteiger partial charge in [-0.25, -0.2) is 12.7 Å². The maximum atomic E-state index is 12.0. The van der Waals surface area contributed by atoms with Gasteiger partial charge in [0.1, 0.15) is 0 Å². The van der Waals surface area contributed by atoms with E-state index in [1.807, 2.05) is 0 Å². The van der Waals surface area contributed by atoms with E-state index in [1.54, 1.807) is 0 Å². The maximum Gasteiger partial charge on any atom is 0.306 e. The molecule has 0 aromatic rings. The summed E-state index contributed by atoms with van der Waals surface area (Å²) in [5, 5.41) is -0.254. The van der Waals surface area contributed by atoms with Crippen LogP contribution in [0.3, 0.4) is 0 Å². The Bertz CT molecular complexity index is 333. The molecule has 0 amide bonds. The van der Waals surface area contributed by atoms with E-state index in [2.05, 4.69) is 4.74 Å². The zero-order valence-corrected chi connectivity index (χ0v) is 10.6. The smallest absolute Gasteiger partial charge is 0.306 e. The molecule has 0 spiro atoms. The van der Waals surface area contributed by atoms with Crippen LogP contribution in [0.2, 0.25) is 0 Å². The Labute approximate surface area is 96.8 Å². The summed E-state index contributed by atoms with van der Waals surface area (Å²) in [5.41, 5.74) is 0. The summed E-state index contributed by atoms with van der Waals surface area (Å²) in [7, 11) is -0.393. The summed E-state index contributed by atoms with van der Waals surface area (Å²) < 4.78 is 29.8. The Morgan fingerprint density at radius 2 is 1.94 bits per heavy atom.